The Balaban J connectivity index is 5.24. The fraction of sp³-hybridized carbons (Fsp3) is 1.00. The predicted molar refractivity (Wildman–Crippen MR) is 53.0 cm³/mol. The molecule has 0 bridgehead atoms. The highest BCUT2D eigenvalue weighted by atomic mass is 32.2. The second-order valence-corrected chi connectivity index (χ2v) is 4.43. The molecule has 0 aliphatic heterocycles. The molecule has 0 saturated carbocycles. The van der Waals surface area contributed by atoms with E-state index in [1.54, 1.807) is 0 Å². The molecule has 0 heterocycles. The van der Waals surface area contributed by atoms with Crippen LogP contribution in [0.1, 0.15) is 19.8 Å². The smallest absolute Gasteiger partial charge is 0.316 e. The topological polar surface area (TPSA) is 47.9 Å². The van der Waals surface area contributed by atoms with Crippen molar-refractivity contribution in [3.8, 4) is 0 Å². The average Bonchev–Trinajstić information content (AvgIpc) is 2.35. The number of hydrogen-bond donors (Lipinski definition) is 1. The van der Waals surface area contributed by atoms with Gasteiger partial charge in [-0.15, -0.1) is 4.33 Å². The Kier molecular flexibility index (Phi) is 7.13. The van der Waals surface area contributed by atoms with E-state index in [9.17, 15) is 35.1 Å². The lowest BCUT2D eigenvalue weighted by molar-refractivity contribution is -0.439. The van der Waals surface area contributed by atoms with Gasteiger partial charge in [0.25, 0.3) is 0 Å². The third-order valence-electron chi connectivity index (χ3n) is 2.08. The van der Waals surface area contributed by atoms with E-state index in [-0.39, 0.29) is 12.8 Å². The Hall–Kier alpha value is -0.370. The van der Waals surface area contributed by atoms with Crippen molar-refractivity contribution in [2.45, 2.75) is 43.0 Å². The standard InChI is InChI=1S/C8H10F8O4S/c1-2-3-4-18-7(13,14)5(9,10)6(11,12)8(15,16)21-20-19-17/h17H,2-4H2,1H3. The van der Waals surface area contributed by atoms with Crippen LogP contribution in [0, 0.1) is 0 Å². The molecule has 0 aliphatic rings. The minimum Gasteiger partial charge on any atom is -0.316 e. The highest BCUT2D eigenvalue weighted by Crippen LogP contribution is 2.56. The van der Waals surface area contributed by atoms with Crippen LogP contribution in [0.25, 0.3) is 0 Å². The maximum Gasteiger partial charge on any atom is 0.426 e. The molecule has 0 unspecified atom stereocenters. The fourth-order valence-corrected chi connectivity index (χ4v) is 1.26. The van der Waals surface area contributed by atoms with Gasteiger partial charge in [-0.2, -0.15) is 35.1 Å². The summed E-state index contributed by atoms with van der Waals surface area (Å²) in [7, 11) is 0. The number of unbranched alkanes of at least 4 members (excludes halogenated alkanes) is 1. The number of halogens is 8. The van der Waals surface area contributed by atoms with Gasteiger partial charge in [-0.05, 0) is 6.42 Å². The van der Waals surface area contributed by atoms with Crippen molar-refractivity contribution in [3.63, 3.8) is 0 Å². The van der Waals surface area contributed by atoms with Crippen LogP contribution in [0.4, 0.5) is 35.1 Å². The van der Waals surface area contributed by atoms with Crippen LogP contribution in [0.5, 0.6) is 0 Å². The van der Waals surface area contributed by atoms with Gasteiger partial charge in [0.2, 0.25) is 0 Å². The Morgan fingerprint density at radius 3 is 1.90 bits per heavy atom. The van der Waals surface area contributed by atoms with E-state index in [0.717, 1.165) is 0 Å². The lowest BCUT2D eigenvalue weighted by atomic mass is 10.1. The number of rotatable bonds is 10. The molecule has 0 radical (unpaired) electrons. The number of hydrogen-bond acceptors (Lipinski definition) is 5. The molecule has 0 amide bonds. The molecule has 4 nitrogen and oxygen atoms in total. The van der Waals surface area contributed by atoms with Gasteiger partial charge < -0.3 is 4.74 Å². The molecule has 0 aromatic rings. The van der Waals surface area contributed by atoms with Crippen LogP contribution >= 0.6 is 12.0 Å². The first-order valence-electron chi connectivity index (χ1n) is 5.18. The van der Waals surface area contributed by atoms with E-state index in [1.807, 2.05) is 0 Å². The molecule has 0 atom stereocenters. The van der Waals surface area contributed by atoms with E-state index in [2.05, 4.69) is 14.1 Å². The molecule has 0 aromatic heterocycles. The van der Waals surface area contributed by atoms with E-state index >= 15 is 0 Å². The quantitative estimate of drug-likeness (QED) is 0.208. The normalized spacial score (nSPS) is 14.6. The molecule has 21 heavy (non-hydrogen) atoms. The first-order chi connectivity index (χ1) is 9.37. The van der Waals surface area contributed by atoms with Crippen LogP contribution in [-0.2, 0) is 14.1 Å². The average molecular weight is 354 g/mol. The predicted octanol–water partition coefficient (Wildman–Crippen LogP) is 4.33. The third kappa shape index (κ3) is 4.31. The molecule has 0 rings (SSSR count). The fourth-order valence-electron chi connectivity index (χ4n) is 0.911. The van der Waals surface area contributed by atoms with Gasteiger partial charge in [0.05, 0.1) is 6.61 Å². The number of alkyl halides is 8. The van der Waals surface area contributed by atoms with Crippen LogP contribution in [0.3, 0.4) is 0 Å². The van der Waals surface area contributed by atoms with Gasteiger partial charge >= 0.3 is 23.2 Å². The van der Waals surface area contributed by atoms with Crippen molar-refractivity contribution in [2.24, 2.45) is 0 Å². The summed E-state index contributed by atoms with van der Waals surface area (Å²) in [6.07, 6.45) is -5.81. The first-order valence-corrected chi connectivity index (χ1v) is 5.92. The second-order valence-electron chi connectivity index (χ2n) is 3.61. The third-order valence-corrected chi connectivity index (χ3v) is 2.67. The van der Waals surface area contributed by atoms with Gasteiger partial charge in [-0.1, -0.05) is 18.4 Å². The van der Waals surface area contributed by atoms with Crippen LogP contribution < -0.4 is 0 Å². The Morgan fingerprint density at radius 1 is 0.952 bits per heavy atom. The molecule has 0 saturated heterocycles. The monoisotopic (exact) mass is 354 g/mol. The lowest BCUT2D eigenvalue weighted by Gasteiger charge is -2.34. The summed E-state index contributed by atoms with van der Waals surface area (Å²) in [6, 6.07) is 0. The van der Waals surface area contributed by atoms with Gasteiger partial charge in [-0.3, -0.25) is 0 Å². The summed E-state index contributed by atoms with van der Waals surface area (Å²) >= 11 is -1.77. The second kappa shape index (κ2) is 7.26. The highest BCUT2D eigenvalue weighted by Gasteiger charge is 2.82. The van der Waals surface area contributed by atoms with Crippen molar-refractivity contribution in [2.75, 3.05) is 6.61 Å². The number of ether oxygens (including phenoxy) is 1. The molecule has 13 heteroatoms. The summed E-state index contributed by atoms with van der Waals surface area (Å²) in [4.78, 5) is 0. The molecule has 0 fully saturated rings. The SMILES string of the molecule is CCCCOC(F)(F)C(F)(F)C(F)(F)C(F)(F)SOOO. The summed E-state index contributed by atoms with van der Waals surface area (Å²) in [6.45, 7) is 0.426. The highest BCUT2D eigenvalue weighted by molar-refractivity contribution is 7.95. The minimum absolute atomic E-state index is 0.177. The van der Waals surface area contributed by atoms with Crippen molar-refractivity contribution in [1.82, 2.24) is 0 Å². The molecular weight excluding hydrogens is 344 g/mol. The van der Waals surface area contributed by atoms with Crippen molar-refractivity contribution >= 4 is 12.0 Å². The lowest BCUT2D eigenvalue weighted by Crippen LogP contribution is -2.62. The van der Waals surface area contributed by atoms with Crippen molar-refractivity contribution < 1.29 is 54.5 Å². The van der Waals surface area contributed by atoms with E-state index in [0.29, 0.717) is 0 Å². The Bertz CT molecular complexity index is 327. The molecule has 0 aromatic carbocycles. The summed E-state index contributed by atoms with van der Waals surface area (Å²) in [5, 5.41) is 4.21. The summed E-state index contributed by atoms with van der Waals surface area (Å²) in [5.41, 5.74) is 0. The Labute approximate surface area is 117 Å². The van der Waals surface area contributed by atoms with Gasteiger partial charge in [-0.25, -0.2) is 5.26 Å². The zero-order valence-corrected chi connectivity index (χ0v) is 11.0. The van der Waals surface area contributed by atoms with Crippen molar-refractivity contribution in [1.29, 1.82) is 0 Å². The summed E-state index contributed by atoms with van der Waals surface area (Å²) in [5.74, 6) is -13.1. The van der Waals surface area contributed by atoms with E-state index in [1.165, 1.54) is 6.92 Å². The molecule has 0 spiro atoms. The van der Waals surface area contributed by atoms with Crippen LogP contribution in [-0.4, -0.2) is 35.1 Å². The summed E-state index contributed by atoms with van der Waals surface area (Å²) < 4.78 is 110. The molecule has 0 aliphatic carbocycles. The van der Waals surface area contributed by atoms with Crippen LogP contribution in [0.15, 0.2) is 0 Å². The minimum atomic E-state index is -6.57. The zero-order chi connectivity index (χ0) is 16.9. The van der Waals surface area contributed by atoms with Gasteiger partial charge in [0.1, 0.15) is 12.0 Å². The molecule has 128 valence electrons. The van der Waals surface area contributed by atoms with Crippen molar-refractivity contribution in [3.05, 3.63) is 0 Å². The van der Waals surface area contributed by atoms with Gasteiger partial charge in [0.15, 0.2) is 0 Å². The largest absolute Gasteiger partial charge is 0.426 e. The maximum absolute atomic E-state index is 13.1. The van der Waals surface area contributed by atoms with Crippen LogP contribution in [0.2, 0.25) is 0 Å². The molecule has 1 N–H and O–H groups in total. The van der Waals surface area contributed by atoms with Gasteiger partial charge in [0, 0.05) is 0 Å². The van der Waals surface area contributed by atoms with E-state index < -0.39 is 41.9 Å². The zero-order valence-electron chi connectivity index (χ0n) is 10.2. The first kappa shape index (κ1) is 20.6. The maximum atomic E-state index is 13.1. The Morgan fingerprint density at radius 2 is 1.48 bits per heavy atom. The van der Waals surface area contributed by atoms with E-state index in [4.69, 9.17) is 5.26 Å². The molecular formula is C8H10F8O4S.